The Bertz CT molecular complexity index is 947. The normalized spacial score (nSPS) is 17.7. The summed E-state index contributed by atoms with van der Waals surface area (Å²) in [5.41, 5.74) is 2.54. The first-order chi connectivity index (χ1) is 13.9. The van der Waals surface area contributed by atoms with Crippen molar-refractivity contribution >= 4 is 5.69 Å². The number of nitrogens with one attached hydrogen (secondary N) is 1. The number of aromatic amines is 1. The molecule has 11 heteroatoms. The molecule has 3 heterocycles. The highest BCUT2D eigenvalue weighted by Crippen LogP contribution is 2.28. The van der Waals surface area contributed by atoms with E-state index in [1.165, 1.54) is 12.1 Å². The molecule has 152 valence electrons. The third kappa shape index (κ3) is 4.62. The largest absolute Gasteiger partial charge is 0.573 e. The Morgan fingerprint density at radius 3 is 2.69 bits per heavy atom. The molecule has 1 unspecified atom stereocenters. The molecule has 1 saturated heterocycles. The Balaban J connectivity index is 1.42. The van der Waals surface area contributed by atoms with Crippen molar-refractivity contribution in [1.82, 2.24) is 30.5 Å². The standard InChI is InChI=1S/C18H18F3N7O/c1-12-9-28(14-2-4-15(5-3-14)29-18(19,20)21)11-27(12)10-13-6-7-22-16(8-13)17-23-25-26-24-17/h2-8,12H,9-11H2,1H3,(H,23,24,25,26). The van der Waals surface area contributed by atoms with Gasteiger partial charge in [0.05, 0.1) is 6.67 Å². The Hall–Kier alpha value is -3.21. The van der Waals surface area contributed by atoms with Crippen LogP contribution in [0.25, 0.3) is 11.5 Å². The molecule has 1 N–H and O–H groups in total. The number of rotatable bonds is 5. The fraction of sp³-hybridized carbons (Fsp3) is 0.333. The number of aromatic nitrogens is 5. The molecule has 1 aliphatic rings. The minimum atomic E-state index is -4.69. The molecule has 1 aliphatic heterocycles. The fourth-order valence-electron chi connectivity index (χ4n) is 3.30. The number of alkyl halides is 3. The molecule has 2 aromatic heterocycles. The Kier molecular flexibility index (Phi) is 5.05. The van der Waals surface area contributed by atoms with Gasteiger partial charge in [-0.15, -0.1) is 23.4 Å². The van der Waals surface area contributed by atoms with Crippen LogP contribution in [-0.2, 0) is 6.54 Å². The summed E-state index contributed by atoms with van der Waals surface area (Å²) in [6.45, 7) is 4.23. The minimum Gasteiger partial charge on any atom is -0.406 e. The number of halogens is 3. The molecule has 0 aliphatic carbocycles. The lowest BCUT2D eigenvalue weighted by molar-refractivity contribution is -0.274. The van der Waals surface area contributed by atoms with Crippen molar-refractivity contribution in [2.75, 3.05) is 18.1 Å². The lowest BCUT2D eigenvalue weighted by atomic mass is 10.2. The van der Waals surface area contributed by atoms with Crippen molar-refractivity contribution in [1.29, 1.82) is 0 Å². The van der Waals surface area contributed by atoms with E-state index in [1.54, 1.807) is 18.3 Å². The zero-order valence-electron chi connectivity index (χ0n) is 15.5. The number of anilines is 1. The van der Waals surface area contributed by atoms with Crippen LogP contribution in [-0.4, -0.2) is 56.1 Å². The van der Waals surface area contributed by atoms with Gasteiger partial charge < -0.3 is 9.64 Å². The van der Waals surface area contributed by atoms with E-state index in [0.29, 0.717) is 24.7 Å². The van der Waals surface area contributed by atoms with Crippen molar-refractivity contribution in [3.8, 4) is 17.3 Å². The van der Waals surface area contributed by atoms with Crippen LogP contribution >= 0.6 is 0 Å². The molecule has 0 spiro atoms. The second-order valence-electron chi connectivity index (χ2n) is 6.79. The molecule has 0 radical (unpaired) electrons. The molecular formula is C18H18F3N7O. The molecule has 3 aromatic rings. The van der Waals surface area contributed by atoms with Crippen LogP contribution in [0.4, 0.5) is 18.9 Å². The van der Waals surface area contributed by atoms with Crippen LogP contribution in [0.3, 0.4) is 0 Å². The number of nitrogens with zero attached hydrogens (tertiary/aromatic N) is 6. The molecule has 29 heavy (non-hydrogen) atoms. The summed E-state index contributed by atoms with van der Waals surface area (Å²) in [5.74, 6) is 0.209. The van der Waals surface area contributed by atoms with Gasteiger partial charge in [0.2, 0.25) is 5.82 Å². The third-order valence-corrected chi connectivity index (χ3v) is 4.68. The fourth-order valence-corrected chi connectivity index (χ4v) is 3.30. The summed E-state index contributed by atoms with van der Waals surface area (Å²) in [7, 11) is 0. The van der Waals surface area contributed by atoms with Gasteiger partial charge in [0, 0.05) is 31.0 Å². The quantitative estimate of drug-likeness (QED) is 0.699. The monoisotopic (exact) mass is 405 g/mol. The number of tetrazole rings is 1. The molecule has 0 amide bonds. The zero-order valence-corrected chi connectivity index (χ0v) is 15.5. The smallest absolute Gasteiger partial charge is 0.406 e. The van der Waals surface area contributed by atoms with Gasteiger partial charge in [0.1, 0.15) is 11.4 Å². The van der Waals surface area contributed by atoms with Crippen molar-refractivity contribution < 1.29 is 17.9 Å². The highest BCUT2D eigenvalue weighted by atomic mass is 19.4. The Morgan fingerprint density at radius 1 is 1.21 bits per heavy atom. The van der Waals surface area contributed by atoms with E-state index in [9.17, 15) is 13.2 Å². The number of ether oxygens (including phenoxy) is 1. The highest BCUT2D eigenvalue weighted by molar-refractivity contribution is 5.50. The van der Waals surface area contributed by atoms with Gasteiger partial charge in [-0.1, -0.05) is 0 Å². The number of pyridine rings is 1. The average molecular weight is 405 g/mol. The Labute approximate surface area is 164 Å². The van der Waals surface area contributed by atoms with Crippen molar-refractivity contribution in [3.05, 3.63) is 48.2 Å². The second kappa shape index (κ2) is 7.66. The number of benzene rings is 1. The highest BCUT2D eigenvalue weighted by Gasteiger charge is 2.31. The van der Waals surface area contributed by atoms with Crippen LogP contribution in [0.15, 0.2) is 42.6 Å². The van der Waals surface area contributed by atoms with E-state index < -0.39 is 6.36 Å². The van der Waals surface area contributed by atoms with Crippen LogP contribution in [0.1, 0.15) is 12.5 Å². The summed E-state index contributed by atoms with van der Waals surface area (Å²) in [5, 5.41) is 13.8. The zero-order chi connectivity index (χ0) is 20.4. The number of hydrogen-bond donors (Lipinski definition) is 1. The lowest BCUT2D eigenvalue weighted by Gasteiger charge is -2.21. The SMILES string of the molecule is CC1CN(c2ccc(OC(F)(F)F)cc2)CN1Cc1ccnc(-c2nn[nH]n2)c1. The third-order valence-electron chi connectivity index (χ3n) is 4.68. The van der Waals surface area contributed by atoms with E-state index in [4.69, 9.17) is 0 Å². The van der Waals surface area contributed by atoms with E-state index in [1.807, 2.05) is 12.1 Å². The average Bonchev–Trinajstić information content (AvgIpc) is 3.32. The van der Waals surface area contributed by atoms with Crippen LogP contribution in [0, 0.1) is 0 Å². The molecule has 0 bridgehead atoms. The molecule has 4 rings (SSSR count). The summed E-state index contributed by atoms with van der Waals surface area (Å²) in [6, 6.07) is 10.1. The summed E-state index contributed by atoms with van der Waals surface area (Å²) in [6.07, 6.45) is -2.98. The Morgan fingerprint density at radius 2 is 2.00 bits per heavy atom. The lowest BCUT2D eigenvalue weighted by Crippen LogP contribution is -2.28. The van der Waals surface area contributed by atoms with E-state index in [0.717, 1.165) is 17.8 Å². The molecule has 1 fully saturated rings. The maximum Gasteiger partial charge on any atom is 0.573 e. The van der Waals surface area contributed by atoms with Crippen LogP contribution in [0.2, 0.25) is 0 Å². The first-order valence-electron chi connectivity index (χ1n) is 8.91. The summed E-state index contributed by atoms with van der Waals surface area (Å²) < 4.78 is 40.9. The van der Waals surface area contributed by atoms with Crippen LogP contribution < -0.4 is 9.64 Å². The summed E-state index contributed by atoms with van der Waals surface area (Å²) in [4.78, 5) is 8.65. The van der Waals surface area contributed by atoms with E-state index in [2.05, 4.69) is 47.1 Å². The first kappa shape index (κ1) is 19.1. The predicted octanol–water partition coefficient (Wildman–Crippen LogP) is 2.83. The number of H-pyrrole nitrogens is 1. The van der Waals surface area contributed by atoms with Crippen molar-refractivity contribution in [2.45, 2.75) is 25.9 Å². The van der Waals surface area contributed by atoms with Gasteiger partial charge in [0.25, 0.3) is 0 Å². The van der Waals surface area contributed by atoms with Crippen molar-refractivity contribution in [2.24, 2.45) is 0 Å². The first-order valence-corrected chi connectivity index (χ1v) is 8.91. The van der Waals surface area contributed by atoms with E-state index >= 15 is 0 Å². The molecule has 1 atom stereocenters. The minimum absolute atomic E-state index is 0.226. The van der Waals surface area contributed by atoms with Gasteiger partial charge in [0.15, 0.2) is 0 Å². The molecule has 1 aromatic carbocycles. The van der Waals surface area contributed by atoms with Gasteiger partial charge in [-0.2, -0.15) is 5.21 Å². The second-order valence-corrected chi connectivity index (χ2v) is 6.79. The number of hydrogen-bond acceptors (Lipinski definition) is 7. The maximum absolute atomic E-state index is 12.3. The molecular weight excluding hydrogens is 387 g/mol. The van der Waals surface area contributed by atoms with Gasteiger partial charge in [-0.25, -0.2) is 0 Å². The maximum atomic E-state index is 12.3. The van der Waals surface area contributed by atoms with Crippen LogP contribution in [0.5, 0.6) is 5.75 Å². The predicted molar refractivity (Wildman–Crippen MR) is 97.8 cm³/mol. The van der Waals surface area contributed by atoms with Gasteiger partial charge >= 0.3 is 6.36 Å². The molecule has 0 saturated carbocycles. The topological polar surface area (TPSA) is 83.1 Å². The van der Waals surface area contributed by atoms with Gasteiger partial charge in [-0.3, -0.25) is 9.88 Å². The van der Waals surface area contributed by atoms with Crippen molar-refractivity contribution in [3.63, 3.8) is 0 Å². The summed E-state index contributed by atoms with van der Waals surface area (Å²) >= 11 is 0. The van der Waals surface area contributed by atoms with Gasteiger partial charge in [-0.05, 0) is 54.1 Å². The van der Waals surface area contributed by atoms with E-state index in [-0.39, 0.29) is 11.8 Å². The molecule has 8 nitrogen and oxygen atoms in total.